The van der Waals surface area contributed by atoms with Gasteiger partial charge in [0.25, 0.3) is 0 Å². The Labute approximate surface area is 271 Å². The van der Waals surface area contributed by atoms with E-state index in [1.807, 2.05) is 60.8 Å². The summed E-state index contributed by atoms with van der Waals surface area (Å²) in [5, 5.41) is 12.3. The van der Waals surface area contributed by atoms with Gasteiger partial charge in [-0.3, -0.25) is 4.98 Å². The van der Waals surface area contributed by atoms with Crippen LogP contribution >= 0.6 is 0 Å². The molecular formula is C38H43N3O5. The van der Waals surface area contributed by atoms with Crippen molar-refractivity contribution in [2.24, 2.45) is 5.92 Å². The SMILES string of the molecule is C=CCOC(=O)NCc1cccc(-c2ccc([C@H]3O[C@@H](CN(C)CCc4ccccn4)[C@@H](C)[C@@H](c4ccc(CO)cc4)O3)cc2)c1. The molecule has 2 N–H and O–H groups in total. The van der Waals surface area contributed by atoms with Crippen LogP contribution in [0.25, 0.3) is 11.1 Å². The summed E-state index contributed by atoms with van der Waals surface area (Å²) in [5.41, 5.74) is 7.00. The molecule has 1 aromatic heterocycles. The van der Waals surface area contributed by atoms with Crippen molar-refractivity contribution in [3.8, 4) is 11.1 Å². The van der Waals surface area contributed by atoms with Crippen LogP contribution in [0.3, 0.4) is 0 Å². The molecule has 0 bridgehead atoms. The summed E-state index contributed by atoms with van der Waals surface area (Å²) >= 11 is 0. The Kier molecular flexibility index (Phi) is 11.7. The smallest absolute Gasteiger partial charge is 0.407 e. The third kappa shape index (κ3) is 8.89. The number of pyridine rings is 1. The molecule has 2 heterocycles. The molecule has 4 atom stereocenters. The highest BCUT2D eigenvalue weighted by atomic mass is 16.7. The molecule has 8 nitrogen and oxygen atoms in total. The van der Waals surface area contributed by atoms with E-state index in [9.17, 15) is 9.90 Å². The number of hydrogen-bond acceptors (Lipinski definition) is 7. The minimum atomic E-state index is -0.543. The molecule has 4 aromatic rings. The van der Waals surface area contributed by atoms with Gasteiger partial charge in [0.2, 0.25) is 0 Å². The lowest BCUT2D eigenvalue weighted by molar-refractivity contribution is -0.275. The number of likely N-dealkylation sites (N-methyl/N-ethyl adjacent to an activating group) is 1. The first-order chi connectivity index (χ1) is 22.4. The van der Waals surface area contributed by atoms with Crippen LogP contribution in [0.4, 0.5) is 4.79 Å². The number of carbonyl (C=O) groups is 1. The summed E-state index contributed by atoms with van der Waals surface area (Å²) < 4.78 is 18.3. The number of alkyl carbamates (subject to hydrolysis) is 1. The van der Waals surface area contributed by atoms with Crippen molar-refractivity contribution in [2.75, 3.05) is 26.7 Å². The van der Waals surface area contributed by atoms with Gasteiger partial charge in [-0.2, -0.15) is 0 Å². The Morgan fingerprint density at radius 1 is 0.978 bits per heavy atom. The summed E-state index contributed by atoms with van der Waals surface area (Å²) in [6.07, 6.45) is 2.96. The molecule has 0 spiro atoms. The summed E-state index contributed by atoms with van der Waals surface area (Å²) in [7, 11) is 2.12. The fourth-order valence-electron chi connectivity index (χ4n) is 5.63. The fourth-order valence-corrected chi connectivity index (χ4v) is 5.63. The molecule has 1 amide bonds. The molecule has 1 saturated heterocycles. The zero-order valence-corrected chi connectivity index (χ0v) is 26.5. The number of nitrogens with one attached hydrogen (secondary N) is 1. The highest BCUT2D eigenvalue weighted by Crippen LogP contribution is 2.42. The zero-order chi connectivity index (χ0) is 32.3. The van der Waals surface area contributed by atoms with E-state index < -0.39 is 12.4 Å². The van der Waals surface area contributed by atoms with Gasteiger partial charge >= 0.3 is 6.09 Å². The van der Waals surface area contributed by atoms with Gasteiger partial charge in [-0.15, -0.1) is 0 Å². The second-order valence-corrected chi connectivity index (χ2v) is 11.7. The Bertz CT molecular complexity index is 1550. The summed E-state index contributed by atoms with van der Waals surface area (Å²) in [4.78, 5) is 18.6. The third-order valence-electron chi connectivity index (χ3n) is 8.30. The van der Waals surface area contributed by atoms with E-state index >= 15 is 0 Å². The Morgan fingerprint density at radius 2 is 1.76 bits per heavy atom. The minimum Gasteiger partial charge on any atom is -0.445 e. The van der Waals surface area contributed by atoms with Gasteiger partial charge in [0.1, 0.15) is 6.61 Å². The molecule has 5 rings (SSSR count). The maximum Gasteiger partial charge on any atom is 0.407 e. The molecule has 8 heteroatoms. The molecule has 0 saturated carbocycles. The van der Waals surface area contributed by atoms with Gasteiger partial charge in [-0.05, 0) is 53.1 Å². The second kappa shape index (κ2) is 16.3. The van der Waals surface area contributed by atoms with Gasteiger partial charge < -0.3 is 29.5 Å². The first-order valence-corrected chi connectivity index (χ1v) is 15.7. The number of benzene rings is 3. The van der Waals surface area contributed by atoms with Gasteiger partial charge in [0, 0.05) is 49.4 Å². The predicted octanol–water partition coefficient (Wildman–Crippen LogP) is 6.62. The predicted molar refractivity (Wildman–Crippen MR) is 179 cm³/mol. The van der Waals surface area contributed by atoms with Gasteiger partial charge in [0.05, 0.1) is 18.8 Å². The van der Waals surface area contributed by atoms with Crippen LogP contribution in [-0.2, 0) is 33.8 Å². The van der Waals surface area contributed by atoms with Crippen LogP contribution < -0.4 is 5.32 Å². The van der Waals surface area contributed by atoms with Crippen LogP contribution in [0.15, 0.2) is 110 Å². The van der Waals surface area contributed by atoms with E-state index in [2.05, 4.69) is 72.1 Å². The van der Waals surface area contributed by atoms with E-state index in [1.165, 1.54) is 6.08 Å². The van der Waals surface area contributed by atoms with E-state index in [0.29, 0.717) is 6.54 Å². The third-order valence-corrected chi connectivity index (χ3v) is 8.30. The molecule has 0 unspecified atom stereocenters. The number of ether oxygens (including phenoxy) is 3. The van der Waals surface area contributed by atoms with E-state index in [1.54, 1.807) is 0 Å². The molecule has 240 valence electrons. The highest BCUT2D eigenvalue weighted by molar-refractivity contribution is 5.68. The fraction of sp³-hybridized carbons (Fsp3) is 0.316. The zero-order valence-electron chi connectivity index (χ0n) is 26.5. The van der Waals surface area contributed by atoms with Crippen molar-refractivity contribution >= 4 is 6.09 Å². The van der Waals surface area contributed by atoms with Crippen LogP contribution in [0.5, 0.6) is 0 Å². The number of hydrogen-bond donors (Lipinski definition) is 2. The maximum absolute atomic E-state index is 11.8. The maximum atomic E-state index is 11.8. The van der Waals surface area contributed by atoms with Crippen LogP contribution in [0.2, 0.25) is 0 Å². The van der Waals surface area contributed by atoms with Crippen LogP contribution in [0.1, 0.15) is 47.3 Å². The van der Waals surface area contributed by atoms with Crippen molar-refractivity contribution in [2.45, 2.75) is 45.0 Å². The molecule has 1 fully saturated rings. The van der Waals surface area contributed by atoms with Gasteiger partial charge in [-0.1, -0.05) is 92.4 Å². The topological polar surface area (TPSA) is 93.2 Å². The minimum absolute atomic E-state index is 0.00479. The number of aliphatic hydroxyl groups excluding tert-OH is 1. The van der Waals surface area contributed by atoms with Crippen LogP contribution in [0, 0.1) is 5.92 Å². The van der Waals surface area contributed by atoms with Crippen molar-refractivity contribution in [1.29, 1.82) is 0 Å². The average Bonchev–Trinajstić information content (AvgIpc) is 3.10. The molecule has 1 aliphatic rings. The Hall–Kier alpha value is -4.34. The first-order valence-electron chi connectivity index (χ1n) is 15.7. The van der Waals surface area contributed by atoms with E-state index in [4.69, 9.17) is 14.2 Å². The number of carbonyl (C=O) groups excluding carboxylic acids is 1. The Balaban J connectivity index is 1.30. The van der Waals surface area contributed by atoms with E-state index in [-0.39, 0.29) is 31.3 Å². The van der Waals surface area contributed by atoms with Crippen LogP contribution in [-0.4, -0.2) is 53.9 Å². The largest absolute Gasteiger partial charge is 0.445 e. The van der Waals surface area contributed by atoms with Crippen molar-refractivity contribution in [1.82, 2.24) is 15.2 Å². The van der Waals surface area contributed by atoms with Crippen molar-refractivity contribution in [3.63, 3.8) is 0 Å². The molecular weight excluding hydrogens is 578 g/mol. The number of nitrogens with zero attached hydrogens (tertiary/aromatic N) is 2. The van der Waals surface area contributed by atoms with E-state index in [0.717, 1.165) is 58.6 Å². The first kappa shape index (κ1) is 33.0. The van der Waals surface area contributed by atoms with Crippen molar-refractivity contribution < 1.29 is 24.1 Å². The molecule has 0 aliphatic carbocycles. The summed E-state index contributed by atoms with van der Waals surface area (Å²) in [5.74, 6) is 0.0956. The summed E-state index contributed by atoms with van der Waals surface area (Å²) in [6, 6.07) is 30.3. The second-order valence-electron chi connectivity index (χ2n) is 11.7. The normalized spacial score (nSPS) is 19.5. The van der Waals surface area contributed by atoms with Crippen molar-refractivity contribution in [3.05, 3.63) is 138 Å². The lowest BCUT2D eigenvalue weighted by Crippen LogP contribution is -2.43. The average molecular weight is 622 g/mol. The van der Waals surface area contributed by atoms with Gasteiger partial charge in [0.15, 0.2) is 6.29 Å². The standard InChI is InChI=1S/C38H43N3O5/c1-4-22-44-38(43)40-24-29-8-7-9-33(23-29)30-15-17-32(18-16-30)37-45-35(25-41(3)21-19-34-10-5-6-20-39-34)27(2)36(46-37)31-13-11-28(26-42)12-14-31/h4-18,20,23,27,35-37,42H,1,19,21-22,24-26H2,2-3H3,(H,40,43)/t27-,35+,36+,37+/m1/s1. The lowest BCUT2D eigenvalue weighted by Gasteiger charge is -2.42. The summed E-state index contributed by atoms with van der Waals surface area (Å²) in [6.45, 7) is 7.90. The number of rotatable bonds is 13. The monoisotopic (exact) mass is 621 g/mol. The lowest BCUT2D eigenvalue weighted by atomic mass is 9.90. The number of aromatic nitrogens is 1. The highest BCUT2D eigenvalue weighted by Gasteiger charge is 2.38. The number of amides is 1. The quantitative estimate of drug-likeness (QED) is 0.162. The molecule has 3 aromatic carbocycles. The molecule has 46 heavy (non-hydrogen) atoms. The number of aliphatic hydroxyl groups is 1. The Morgan fingerprint density at radius 3 is 2.48 bits per heavy atom. The molecule has 1 aliphatic heterocycles. The molecule has 0 radical (unpaired) electrons. The van der Waals surface area contributed by atoms with Gasteiger partial charge in [-0.25, -0.2) is 4.79 Å².